The zero-order valence-electron chi connectivity index (χ0n) is 9.08. The third-order valence-electron chi connectivity index (χ3n) is 3.04. The first-order valence-corrected chi connectivity index (χ1v) is 5.63. The van der Waals surface area contributed by atoms with Crippen LogP contribution in [0.15, 0.2) is 36.9 Å². The largest absolute Gasteiger partial charge is 0.372 e. The summed E-state index contributed by atoms with van der Waals surface area (Å²) < 4.78 is 1.91. The van der Waals surface area contributed by atoms with Gasteiger partial charge in [-0.25, -0.2) is 0 Å². The third kappa shape index (κ3) is 1.66. The summed E-state index contributed by atoms with van der Waals surface area (Å²) in [5, 5.41) is 7.60. The molecule has 16 heavy (non-hydrogen) atoms. The van der Waals surface area contributed by atoms with E-state index in [4.69, 9.17) is 0 Å². The Bertz CT molecular complexity index is 440. The van der Waals surface area contributed by atoms with Gasteiger partial charge in [-0.15, -0.1) is 10.2 Å². The first-order valence-electron chi connectivity index (χ1n) is 5.63. The molecule has 4 heteroatoms. The van der Waals surface area contributed by atoms with Crippen LogP contribution in [-0.4, -0.2) is 27.9 Å². The van der Waals surface area contributed by atoms with E-state index in [1.54, 1.807) is 12.7 Å². The Morgan fingerprint density at radius 2 is 1.38 bits per heavy atom. The summed E-state index contributed by atoms with van der Waals surface area (Å²) in [5.74, 6) is 0. The Balaban J connectivity index is 1.84. The molecule has 0 spiro atoms. The fraction of sp³-hybridized carbons (Fsp3) is 0.333. The molecule has 0 aliphatic carbocycles. The van der Waals surface area contributed by atoms with Crippen molar-refractivity contribution in [2.24, 2.45) is 0 Å². The van der Waals surface area contributed by atoms with Crippen LogP contribution in [0, 0.1) is 0 Å². The topological polar surface area (TPSA) is 34.0 Å². The van der Waals surface area contributed by atoms with Gasteiger partial charge in [-0.1, -0.05) is 0 Å². The molecule has 4 nitrogen and oxygen atoms in total. The Hall–Kier alpha value is -1.84. The second kappa shape index (κ2) is 3.96. The van der Waals surface area contributed by atoms with E-state index < -0.39 is 0 Å². The zero-order chi connectivity index (χ0) is 10.8. The average molecular weight is 214 g/mol. The van der Waals surface area contributed by atoms with Gasteiger partial charge in [0.15, 0.2) is 0 Å². The van der Waals surface area contributed by atoms with Crippen LogP contribution in [0.5, 0.6) is 0 Å². The number of nitrogens with zero attached hydrogens (tertiary/aromatic N) is 4. The monoisotopic (exact) mass is 214 g/mol. The Kier molecular flexibility index (Phi) is 2.33. The summed E-state index contributed by atoms with van der Waals surface area (Å²) in [5.41, 5.74) is 2.42. The van der Waals surface area contributed by atoms with E-state index in [9.17, 15) is 0 Å². The Morgan fingerprint density at radius 1 is 0.812 bits per heavy atom. The smallest absolute Gasteiger partial charge is 0.123 e. The van der Waals surface area contributed by atoms with Gasteiger partial charge in [0.2, 0.25) is 0 Å². The number of hydrogen-bond donors (Lipinski definition) is 0. The maximum absolute atomic E-state index is 3.80. The lowest BCUT2D eigenvalue weighted by molar-refractivity contribution is 0.949. The molecule has 1 fully saturated rings. The van der Waals surface area contributed by atoms with Crippen LogP contribution in [0.25, 0.3) is 5.69 Å². The minimum Gasteiger partial charge on any atom is -0.372 e. The standard InChI is InChI=1S/C12H14N4/c1-2-8-15(7-1)11-3-5-12(6-4-11)16-9-13-14-10-16/h3-6,9-10H,1-2,7-8H2. The molecule has 2 aromatic rings. The maximum atomic E-state index is 3.80. The highest BCUT2D eigenvalue weighted by atomic mass is 15.2. The number of aromatic nitrogens is 3. The second-order valence-corrected chi connectivity index (χ2v) is 4.08. The van der Waals surface area contributed by atoms with Crippen molar-refractivity contribution in [3.63, 3.8) is 0 Å². The summed E-state index contributed by atoms with van der Waals surface area (Å²) in [6, 6.07) is 8.55. The lowest BCUT2D eigenvalue weighted by Crippen LogP contribution is -2.17. The van der Waals surface area contributed by atoms with Gasteiger partial charge >= 0.3 is 0 Å². The van der Waals surface area contributed by atoms with Crippen molar-refractivity contribution in [3.8, 4) is 5.69 Å². The van der Waals surface area contributed by atoms with Gasteiger partial charge in [-0.05, 0) is 37.1 Å². The van der Waals surface area contributed by atoms with Gasteiger partial charge in [0, 0.05) is 24.5 Å². The molecule has 2 heterocycles. The highest BCUT2D eigenvalue weighted by molar-refractivity contribution is 5.51. The SMILES string of the molecule is c1cc(-n2cnnc2)ccc1N1CCCC1. The van der Waals surface area contributed by atoms with Crippen LogP contribution in [-0.2, 0) is 0 Å². The van der Waals surface area contributed by atoms with Gasteiger partial charge in [-0.2, -0.15) is 0 Å². The molecular formula is C12H14N4. The Labute approximate surface area is 94.5 Å². The molecule has 1 saturated heterocycles. The zero-order valence-corrected chi connectivity index (χ0v) is 9.08. The fourth-order valence-electron chi connectivity index (χ4n) is 2.14. The Morgan fingerprint density at radius 3 is 2.00 bits per heavy atom. The van der Waals surface area contributed by atoms with Gasteiger partial charge in [0.05, 0.1) is 0 Å². The molecule has 0 atom stereocenters. The lowest BCUT2D eigenvalue weighted by Gasteiger charge is -2.17. The predicted molar refractivity (Wildman–Crippen MR) is 62.8 cm³/mol. The molecule has 0 saturated carbocycles. The molecule has 3 rings (SSSR count). The second-order valence-electron chi connectivity index (χ2n) is 4.08. The number of rotatable bonds is 2. The molecule has 1 aliphatic heterocycles. The van der Waals surface area contributed by atoms with E-state index in [0.29, 0.717) is 0 Å². The molecule has 0 N–H and O–H groups in total. The van der Waals surface area contributed by atoms with E-state index in [1.807, 2.05) is 4.57 Å². The van der Waals surface area contributed by atoms with Crippen molar-refractivity contribution < 1.29 is 0 Å². The third-order valence-corrected chi connectivity index (χ3v) is 3.04. The molecular weight excluding hydrogens is 200 g/mol. The van der Waals surface area contributed by atoms with Crippen molar-refractivity contribution in [1.29, 1.82) is 0 Å². The van der Waals surface area contributed by atoms with E-state index in [-0.39, 0.29) is 0 Å². The number of anilines is 1. The van der Waals surface area contributed by atoms with Gasteiger partial charge in [0.25, 0.3) is 0 Å². The summed E-state index contributed by atoms with van der Waals surface area (Å²) in [7, 11) is 0. The first kappa shape index (κ1) is 9.39. The van der Waals surface area contributed by atoms with Gasteiger partial charge in [-0.3, -0.25) is 4.57 Å². The van der Waals surface area contributed by atoms with Crippen LogP contribution in [0.3, 0.4) is 0 Å². The summed E-state index contributed by atoms with van der Waals surface area (Å²) in [4.78, 5) is 2.43. The van der Waals surface area contributed by atoms with Crippen LogP contribution in [0.4, 0.5) is 5.69 Å². The van der Waals surface area contributed by atoms with E-state index >= 15 is 0 Å². The minimum absolute atomic E-state index is 1.10. The molecule has 0 radical (unpaired) electrons. The fourth-order valence-corrected chi connectivity index (χ4v) is 2.14. The van der Waals surface area contributed by atoms with E-state index in [2.05, 4.69) is 39.4 Å². The van der Waals surface area contributed by atoms with Crippen molar-refractivity contribution in [2.75, 3.05) is 18.0 Å². The highest BCUT2D eigenvalue weighted by Crippen LogP contribution is 2.21. The summed E-state index contributed by atoms with van der Waals surface area (Å²) in [6.07, 6.45) is 6.05. The summed E-state index contributed by atoms with van der Waals surface area (Å²) >= 11 is 0. The number of hydrogen-bond acceptors (Lipinski definition) is 3. The molecule has 1 aromatic carbocycles. The van der Waals surface area contributed by atoms with Crippen molar-refractivity contribution >= 4 is 5.69 Å². The first-order chi connectivity index (χ1) is 7.93. The summed E-state index contributed by atoms with van der Waals surface area (Å²) in [6.45, 7) is 2.37. The van der Waals surface area contributed by atoms with Gasteiger partial charge < -0.3 is 4.90 Å². The lowest BCUT2D eigenvalue weighted by atomic mass is 10.2. The molecule has 0 bridgehead atoms. The normalized spacial score (nSPS) is 15.6. The van der Waals surface area contributed by atoms with Crippen LogP contribution in [0.1, 0.15) is 12.8 Å². The predicted octanol–water partition coefficient (Wildman–Crippen LogP) is 1.87. The van der Waals surface area contributed by atoms with Crippen LogP contribution in [0.2, 0.25) is 0 Å². The average Bonchev–Trinajstić information content (AvgIpc) is 3.03. The van der Waals surface area contributed by atoms with E-state index in [1.165, 1.54) is 31.6 Å². The van der Waals surface area contributed by atoms with Crippen molar-refractivity contribution in [1.82, 2.24) is 14.8 Å². The molecule has 82 valence electrons. The molecule has 1 aliphatic rings. The van der Waals surface area contributed by atoms with Crippen LogP contribution < -0.4 is 4.90 Å². The minimum atomic E-state index is 1.10. The number of benzene rings is 1. The highest BCUT2D eigenvalue weighted by Gasteiger charge is 2.11. The van der Waals surface area contributed by atoms with Crippen LogP contribution >= 0.6 is 0 Å². The quantitative estimate of drug-likeness (QED) is 0.765. The molecule has 0 amide bonds. The van der Waals surface area contributed by atoms with Gasteiger partial charge in [0.1, 0.15) is 12.7 Å². The maximum Gasteiger partial charge on any atom is 0.123 e. The molecule has 1 aromatic heterocycles. The van der Waals surface area contributed by atoms with E-state index in [0.717, 1.165) is 5.69 Å². The van der Waals surface area contributed by atoms with Crippen molar-refractivity contribution in [3.05, 3.63) is 36.9 Å². The molecule has 0 unspecified atom stereocenters. The van der Waals surface area contributed by atoms with Crippen molar-refractivity contribution in [2.45, 2.75) is 12.8 Å².